The van der Waals surface area contributed by atoms with Crippen LogP contribution in [0.25, 0.3) is 0 Å². The molecule has 1 aliphatic heterocycles. The lowest BCUT2D eigenvalue weighted by Crippen LogP contribution is -2.46. The smallest absolute Gasteiger partial charge is 0.329 e. The van der Waals surface area contributed by atoms with Gasteiger partial charge in [0, 0.05) is 12.6 Å². The van der Waals surface area contributed by atoms with Crippen molar-refractivity contribution in [3.05, 3.63) is 24.3 Å². The van der Waals surface area contributed by atoms with Crippen molar-refractivity contribution in [2.75, 3.05) is 26.9 Å². The molecule has 0 saturated carbocycles. The molecule has 2 rings (SSSR count). The van der Waals surface area contributed by atoms with Crippen molar-refractivity contribution in [1.29, 1.82) is 0 Å². The predicted octanol–water partition coefficient (Wildman–Crippen LogP) is 1.34. The molecule has 0 amide bonds. The van der Waals surface area contributed by atoms with E-state index in [2.05, 4.69) is 0 Å². The maximum absolute atomic E-state index is 12.8. The van der Waals surface area contributed by atoms with E-state index in [4.69, 9.17) is 14.6 Å². The Hall–Kier alpha value is -1.64. The van der Waals surface area contributed by atoms with Crippen molar-refractivity contribution >= 4 is 16.0 Å². The van der Waals surface area contributed by atoms with Crippen LogP contribution in [0.15, 0.2) is 29.2 Å². The van der Waals surface area contributed by atoms with E-state index in [-0.39, 0.29) is 17.5 Å². The number of carbonyl (C=O) groups is 1. The highest BCUT2D eigenvalue weighted by Gasteiger charge is 2.33. The van der Waals surface area contributed by atoms with Crippen LogP contribution in [0.5, 0.6) is 5.75 Å². The second-order valence-electron chi connectivity index (χ2n) is 5.35. The van der Waals surface area contributed by atoms with Gasteiger partial charge in [0.2, 0.25) is 10.0 Å². The Morgan fingerprint density at radius 3 is 2.61 bits per heavy atom. The Bertz CT molecular complexity index is 628. The molecule has 8 heteroatoms. The summed E-state index contributed by atoms with van der Waals surface area (Å²) in [7, 11) is -2.12. The molecule has 7 nitrogen and oxygen atoms in total. The summed E-state index contributed by atoms with van der Waals surface area (Å²) in [5.74, 6) is -0.477. The molecule has 0 radical (unpaired) electrons. The Balaban J connectivity index is 2.14. The molecule has 0 bridgehead atoms. The number of aliphatic carboxylic acids is 1. The standard InChI is InChI=1S/C15H21NO6S/c1-21-13-5-7-14(8-6-13)23(19,20)16-9-3-2-4-12(16)10-22-11-15(17)18/h5-8,12H,2-4,9-11H2,1H3,(H,17,18). The number of methoxy groups -OCH3 is 1. The topological polar surface area (TPSA) is 93.1 Å². The molecule has 0 aromatic heterocycles. The zero-order valence-electron chi connectivity index (χ0n) is 13.0. The molecule has 1 aromatic rings. The number of carboxylic acids is 1. The molecule has 1 aliphatic rings. The molecule has 1 aromatic carbocycles. The van der Waals surface area contributed by atoms with Crippen molar-refractivity contribution in [3.63, 3.8) is 0 Å². The monoisotopic (exact) mass is 343 g/mol. The van der Waals surface area contributed by atoms with Crippen LogP contribution < -0.4 is 4.74 Å². The summed E-state index contributed by atoms with van der Waals surface area (Å²) in [6.45, 7) is 0.0735. The lowest BCUT2D eigenvalue weighted by Gasteiger charge is -2.34. The fourth-order valence-corrected chi connectivity index (χ4v) is 4.30. The van der Waals surface area contributed by atoms with E-state index in [1.807, 2.05) is 0 Å². The molecule has 23 heavy (non-hydrogen) atoms. The van der Waals surface area contributed by atoms with Crippen LogP contribution in [0.4, 0.5) is 0 Å². The first-order chi connectivity index (χ1) is 10.9. The third-order valence-electron chi connectivity index (χ3n) is 3.77. The van der Waals surface area contributed by atoms with Gasteiger partial charge in [-0.1, -0.05) is 6.42 Å². The van der Waals surface area contributed by atoms with Crippen molar-refractivity contribution < 1.29 is 27.8 Å². The number of sulfonamides is 1. The predicted molar refractivity (Wildman–Crippen MR) is 83.0 cm³/mol. The minimum atomic E-state index is -3.64. The first kappa shape index (κ1) is 17.7. The number of hydrogen-bond donors (Lipinski definition) is 1. The third-order valence-corrected chi connectivity index (χ3v) is 5.74. The van der Waals surface area contributed by atoms with Crippen LogP contribution >= 0.6 is 0 Å². The Morgan fingerprint density at radius 1 is 1.30 bits per heavy atom. The quantitative estimate of drug-likeness (QED) is 0.803. The number of ether oxygens (including phenoxy) is 2. The average molecular weight is 343 g/mol. The Morgan fingerprint density at radius 2 is 2.00 bits per heavy atom. The maximum Gasteiger partial charge on any atom is 0.329 e. The van der Waals surface area contributed by atoms with E-state index in [1.165, 1.54) is 23.5 Å². The molecule has 0 spiro atoms. The van der Waals surface area contributed by atoms with E-state index in [0.29, 0.717) is 18.7 Å². The normalized spacial score (nSPS) is 19.4. The van der Waals surface area contributed by atoms with Crippen molar-refractivity contribution in [2.45, 2.75) is 30.2 Å². The van der Waals surface area contributed by atoms with Crippen LogP contribution in [0.1, 0.15) is 19.3 Å². The second kappa shape index (κ2) is 7.76. The van der Waals surface area contributed by atoms with Gasteiger partial charge in [-0.3, -0.25) is 0 Å². The van der Waals surface area contributed by atoms with Crippen LogP contribution in [0.2, 0.25) is 0 Å². The molecule has 1 N–H and O–H groups in total. The lowest BCUT2D eigenvalue weighted by molar-refractivity contribution is -0.142. The third kappa shape index (κ3) is 4.43. The SMILES string of the molecule is COc1ccc(S(=O)(=O)N2CCCCC2COCC(=O)O)cc1. The second-order valence-corrected chi connectivity index (χ2v) is 7.24. The van der Waals surface area contributed by atoms with Gasteiger partial charge in [0.1, 0.15) is 12.4 Å². The largest absolute Gasteiger partial charge is 0.497 e. The van der Waals surface area contributed by atoms with E-state index in [1.54, 1.807) is 12.1 Å². The van der Waals surface area contributed by atoms with Gasteiger partial charge in [0.05, 0.1) is 18.6 Å². The van der Waals surface area contributed by atoms with E-state index in [9.17, 15) is 13.2 Å². The molecule has 1 heterocycles. The highest BCUT2D eigenvalue weighted by molar-refractivity contribution is 7.89. The fourth-order valence-electron chi connectivity index (χ4n) is 2.62. The molecule has 1 atom stereocenters. The number of rotatable bonds is 7. The molecule has 0 aliphatic carbocycles. The zero-order chi connectivity index (χ0) is 16.9. The number of carboxylic acid groups (broad SMARTS) is 1. The van der Waals surface area contributed by atoms with Crippen molar-refractivity contribution in [1.82, 2.24) is 4.31 Å². The summed E-state index contributed by atoms with van der Waals surface area (Å²) in [5, 5.41) is 8.63. The number of piperidine rings is 1. The first-order valence-corrected chi connectivity index (χ1v) is 8.84. The number of hydrogen-bond acceptors (Lipinski definition) is 5. The summed E-state index contributed by atoms with van der Waals surface area (Å²) < 4.78 is 37.2. The lowest BCUT2D eigenvalue weighted by atomic mass is 10.1. The molecule has 128 valence electrons. The van der Waals surface area contributed by atoms with Gasteiger partial charge in [-0.2, -0.15) is 4.31 Å². The van der Waals surface area contributed by atoms with Gasteiger partial charge in [0.25, 0.3) is 0 Å². The minimum absolute atomic E-state index is 0.0850. The van der Waals surface area contributed by atoms with Gasteiger partial charge >= 0.3 is 5.97 Å². The van der Waals surface area contributed by atoms with Gasteiger partial charge in [-0.15, -0.1) is 0 Å². The van der Waals surface area contributed by atoms with Gasteiger partial charge in [-0.25, -0.2) is 13.2 Å². The minimum Gasteiger partial charge on any atom is -0.497 e. The number of nitrogens with zero attached hydrogens (tertiary/aromatic N) is 1. The number of benzene rings is 1. The van der Waals surface area contributed by atoms with Crippen LogP contribution in [-0.2, 0) is 19.6 Å². The summed E-state index contributed by atoms with van der Waals surface area (Å²) in [4.78, 5) is 10.7. The summed E-state index contributed by atoms with van der Waals surface area (Å²) in [6, 6.07) is 5.89. The zero-order valence-corrected chi connectivity index (χ0v) is 13.8. The Labute approximate surface area is 135 Å². The molecular formula is C15H21NO6S. The fraction of sp³-hybridized carbons (Fsp3) is 0.533. The van der Waals surface area contributed by atoms with Crippen LogP contribution in [0, 0.1) is 0 Å². The van der Waals surface area contributed by atoms with Crippen molar-refractivity contribution in [3.8, 4) is 5.75 Å². The summed E-state index contributed by atoms with van der Waals surface area (Å²) >= 11 is 0. The van der Waals surface area contributed by atoms with Crippen LogP contribution in [-0.4, -0.2) is 56.7 Å². The highest BCUT2D eigenvalue weighted by atomic mass is 32.2. The van der Waals surface area contributed by atoms with Gasteiger partial charge in [0.15, 0.2) is 0 Å². The van der Waals surface area contributed by atoms with Gasteiger partial charge in [-0.05, 0) is 37.1 Å². The Kier molecular flexibility index (Phi) is 5.97. The molecule has 1 fully saturated rings. The molecule has 1 saturated heterocycles. The summed E-state index contributed by atoms with van der Waals surface area (Å²) in [6.07, 6.45) is 2.34. The van der Waals surface area contributed by atoms with Crippen molar-refractivity contribution in [2.24, 2.45) is 0 Å². The summed E-state index contributed by atoms with van der Waals surface area (Å²) in [5.41, 5.74) is 0. The van der Waals surface area contributed by atoms with E-state index >= 15 is 0 Å². The molecule has 1 unspecified atom stereocenters. The highest BCUT2D eigenvalue weighted by Crippen LogP contribution is 2.26. The average Bonchev–Trinajstić information content (AvgIpc) is 2.55. The van der Waals surface area contributed by atoms with Gasteiger partial charge < -0.3 is 14.6 Å². The van der Waals surface area contributed by atoms with E-state index in [0.717, 1.165) is 12.8 Å². The first-order valence-electron chi connectivity index (χ1n) is 7.40. The van der Waals surface area contributed by atoms with Crippen LogP contribution in [0.3, 0.4) is 0 Å². The maximum atomic E-state index is 12.8. The van der Waals surface area contributed by atoms with E-state index < -0.39 is 22.6 Å². The molecular weight excluding hydrogens is 322 g/mol.